The molecular weight excluding hydrogens is 573 g/mol. The molecular formula is C33H57O4Si4. The normalized spacial score (nSPS) is 52.1. The van der Waals surface area contributed by atoms with E-state index in [0.717, 1.165) is 82.1 Å². The fourth-order valence-electron chi connectivity index (χ4n) is 14.1. The van der Waals surface area contributed by atoms with Gasteiger partial charge in [-0.15, -0.1) is 0 Å². The monoisotopic (exact) mass is 629 g/mol. The Labute approximate surface area is 255 Å². The van der Waals surface area contributed by atoms with Gasteiger partial charge in [0, 0.05) is 19.8 Å². The molecule has 8 heteroatoms. The van der Waals surface area contributed by atoms with Crippen LogP contribution >= 0.6 is 0 Å². The zero-order valence-corrected chi connectivity index (χ0v) is 31.1. The number of hydrogen-bond donors (Lipinski definition) is 0. The zero-order chi connectivity index (χ0) is 28.6. The summed E-state index contributed by atoms with van der Waals surface area (Å²) >= 11 is 0. The van der Waals surface area contributed by atoms with Crippen molar-refractivity contribution in [2.75, 3.05) is 14.2 Å². The Morgan fingerprint density at radius 1 is 0.585 bits per heavy atom. The first-order valence-electron chi connectivity index (χ1n) is 17.4. The summed E-state index contributed by atoms with van der Waals surface area (Å²) in [5.74, 6) is 11.3. The zero-order valence-electron chi connectivity index (χ0n) is 27.1. The largest absolute Gasteiger partial charge is 0.435 e. The van der Waals surface area contributed by atoms with E-state index in [-0.39, 0.29) is 0 Å². The first kappa shape index (κ1) is 28.9. The minimum Gasteiger partial charge on any atom is -0.435 e. The summed E-state index contributed by atoms with van der Waals surface area (Å²) in [6.07, 6.45) is 16.6. The lowest BCUT2D eigenvalue weighted by atomic mass is 9.72. The van der Waals surface area contributed by atoms with Crippen LogP contribution in [0.3, 0.4) is 0 Å². The minimum atomic E-state index is -2.34. The predicted octanol–water partition coefficient (Wildman–Crippen LogP) is 8.20. The Kier molecular flexibility index (Phi) is 6.85. The quantitative estimate of drug-likeness (QED) is 0.190. The molecule has 229 valence electrons. The fraction of sp³-hybridized carbons (Fsp3) is 0.939. The summed E-state index contributed by atoms with van der Waals surface area (Å²) in [4.78, 5) is 0. The summed E-state index contributed by atoms with van der Waals surface area (Å²) in [6.45, 7) is 14.8. The first-order chi connectivity index (χ1) is 19.5. The Morgan fingerprint density at radius 3 is 2.00 bits per heavy atom. The van der Waals surface area contributed by atoms with E-state index in [0.29, 0.717) is 5.54 Å². The molecule has 0 spiro atoms. The van der Waals surface area contributed by atoms with Crippen molar-refractivity contribution < 1.29 is 17.1 Å². The molecule has 7 fully saturated rings. The third kappa shape index (κ3) is 4.12. The highest BCUT2D eigenvalue weighted by Crippen LogP contribution is 2.76. The number of allylic oxidation sites excluding steroid dienone is 2. The van der Waals surface area contributed by atoms with Gasteiger partial charge in [0.2, 0.25) is 0 Å². The van der Waals surface area contributed by atoms with Gasteiger partial charge in [-0.3, -0.25) is 0 Å². The molecule has 0 amide bonds. The Balaban J connectivity index is 0.950. The molecule has 0 aromatic heterocycles. The maximum atomic E-state index is 7.19. The topological polar surface area (TPSA) is 36.9 Å². The lowest BCUT2D eigenvalue weighted by molar-refractivity contribution is 0.135. The van der Waals surface area contributed by atoms with Crippen LogP contribution in [0.15, 0.2) is 12.2 Å². The molecule has 1 radical (unpaired) electrons. The molecule has 4 nitrogen and oxygen atoms in total. The van der Waals surface area contributed by atoms with Crippen molar-refractivity contribution in [1.82, 2.24) is 0 Å². The second-order valence-electron chi connectivity index (χ2n) is 17.5. The maximum Gasteiger partial charge on any atom is 0.360 e. The van der Waals surface area contributed by atoms with E-state index in [1.54, 1.807) is 0 Å². The molecule has 16 atom stereocenters. The minimum absolute atomic E-state index is 0.664. The van der Waals surface area contributed by atoms with Crippen LogP contribution in [0.25, 0.3) is 0 Å². The van der Waals surface area contributed by atoms with Gasteiger partial charge in [-0.2, -0.15) is 0 Å². The van der Waals surface area contributed by atoms with Crippen LogP contribution in [0, 0.1) is 71.0 Å². The second-order valence-corrected chi connectivity index (χ2v) is 31.6. The van der Waals surface area contributed by atoms with Crippen molar-refractivity contribution >= 4 is 34.5 Å². The molecule has 6 bridgehead atoms. The van der Waals surface area contributed by atoms with Gasteiger partial charge in [-0.1, -0.05) is 12.2 Å². The third-order valence-corrected chi connectivity index (χ3v) is 30.4. The van der Waals surface area contributed by atoms with Crippen molar-refractivity contribution in [2.24, 2.45) is 71.0 Å². The van der Waals surface area contributed by atoms with Crippen molar-refractivity contribution in [3.63, 3.8) is 0 Å². The maximum absolute atomic E-state index is 7.19. The van der Waals surface area contributed by atoms with Gasteiger partial charge in [0.15, 0.2) is 16.6 Å². The lowest BCUT2D eigenvalue weighted by Gasteiger charge is -2.45. The third-order valence-electron chi connectivity index (χ3n) is 15.6. The average molecular weight is 630 g/mol. The van der Waals surface area contributed by atoms with Crippen molar-refractivity contribution in [1.29, 1.82) is 0 Å². The average Bonchev–Trinajstić information content (AvgIpc) is 3.74. The van der Waals surface area contributed by atoms with Gasteiger partial charge in [0.1, 0.15) is 0 Å². The van der Waals surface area contributed by atoms with Gasteiger partial charge in [0.25, 0.3) is 0 Å². The summed E-state index contributed by atoms with van der Waals surface area (Å²) in [5, 5.41) is 0. The number of hydrogen-bond acceptors (Lipinski definition) is 4. The molecule has 0 aromatic rings. The molecule has 0 heterocycles. The van der Waals surface area contributed by atoms with Crippen LogP contribution < -0.4 is 0 Å². The van der Waals surface area contributed by atoms with E-state index in [1.165, 1.54) is 51.4 Å². The smallest absolute Gasteiger partial charge is 0.360 e. The molecule has 8 aliphatic rings. The van der Waals surface area contributed by atoms with E-state index in [9.17, 15) is 0 Å². The van der Waals surface area contributed by atoms with E-state index >= 15 is 0 Å². The lowest BCUT2D eigenvalue weighted by Crippen LogP contribution is -2.53. The molecule has 7 saturated carbocycles. The van der Waals surface area contributed by atoms with Crippen LogP contribution in [0.5, 0.6) is 0 Å². The first-order valence-corrected chi connectivity index (χ1v) is 27.6. The molecule has 41 heavy (non-hydrogen) atoms. The van der Waals surface area contributed by atoms with Gasteiger partial charge >= 0.3 is 17.8 Å². The second kappa shape index (κ2) is 9.73. The fourth-order valence-corrected chi connectivity index (χ4v) is 28.5. The van der Waals surface area contributed by atoms with E-state index in [1.807, 2.05) is 14.2 Å². The molecule has 0 aromatic carbocycles. The Hall–Kier alpha value is 0.448. The highest BCUT2D eigenvalue weighted by molar-refractivity contribution is 6.81. The van der Waals surface area contributed by atoms with Gasteiger partial charge in [-0.25, -0.2) is 0 Å². The Bertz CT molecular complexity index is 1080. The highest BCUT2D eigenvalue weighted by Gasteiger charge is 2.70. The SMILES string of the molecule is CO[Si](C)(C)C1CC2CC1C1CC3C4CC(C3C21)C([Si](C)(OC)O[Si](C)O[Si](C)(C)C1CC2CC1C1C=CCC21)C4. The molecule has 8 rings (SSSR count). The summed E-state index contributed by atoms with van der Waals surface area (Å²) in [7, 11) is -3.12. The number of fused-ring (bicyclic) bond motifs is 16. The van der Waals surface area contributed by atoms with Crippen molar-refractivity contribution in [3.05, 3.63) is 12.2 Å². The van der Waals surface area contributed by atoms with Crippen LogP contribution in [0.4, 0.5) is 0 Å². The van der Waals surface area contributed by atoms with E-state index < -0.39 is 34.5 Å². The number of rotatable bonds is 9. The van der Waals surface area contributed by atoms with Crippen LogP contribution in [-0.2, 0) is 17.1 Å². The van der Waals surface area contributed by atoms with Crippen molar-refractivity contribution in [2.45, 2.75) is 107 Å². The van der Waals surface area contributed by atoms with Crippen molar-refractivity contribution in [3.8, 4) is 0 Å². The highest BCUT2D eigenvalue weighted by atomic mass is 28.5. The standard InChI is InChI=1S/C33H57O4Si4/c1-34-39(4,5)29-17-21-14-26(29)27-18-24-20-13-28(33(24)32(21)27)31(16-20)41(8,35-2)37-38(3)36-40(6,7)30-15-19-12-25(30)23-11-9-10-22(19)23/h9,11,19-33H,10,12-18H2,1-8H3. The summed E-state index contributed by atoms with van der Waals surface area (Å²) < 4.78 is 27.1. The Morgan fingerprint density at radius 2 is 1.24 bits per heavy atom. The molecule has 0 N–H and O–H groups in total. The summed E-state index contributed by atoms with van der Waals surface area (Å²) in [6, 6.07) is 0. The predicted molar refractivity (Wildman–Crippen MR) is 174 cm³/mol. The molecule has 0 saturated heterocycles. The van der Waals surface area contributed by atoms with Crippen LogP contribution in [0.2, 0.25) is 55.9 Å². The molecule has 0 aliphatic heterocycles. The molecule has 16 unspecified atom stereocenters. The van der Waals surface area contributed by atoms with E-state index in [4.69, 9.17) is 17.1 Å². The molecule has 8 aliphatic carbocycles. The van der Waals surface area contributed by atoms with E-state index in [2.05, 4.69) is 51.4 Å². The van der Waals surface area contributed by atoms with Crippen LogP contribution in [-0.4, -0.2) is 48.7 Å². The summed E-state index contributed by atoms with van der Waals surface area (Å²) in [5.41, 5.74) is 2.37. The van der Waals surface area contributed by atoms with Gasteiger partial charge in [0.05, 0.1) is 0 Å². The van der Waals surface area contributed by atoms with Gasteiger partial charge in [-0.05, 0) is 173 Å². The van der Waals surface area contributed by atoms with Crippen LogP contribution in [0.1, 0.15) is 51.4 Å². The van der Waals surface area contributed by atoms with Gasteiger partial charge < -0.3 is 17.1 Å².